The van der Waals surface area contributed by atoms with E-state index in [1.807, 2.05) is 26.8 Å². The Morgan fingerprint density at radius 3 is 2.83 bits per heavy atom. The highest BCUT2D eigenvalue weighted by Gasteiger charge is 2.36. The van der Waals surface area contributed by atoms with Crippen molar-refractivity contribution in [2.24, 2.45) is 4.99 Å². The first-order chi connectivity index (χ1) is 14.4. The van der Waals surface area contributed by atoms with Crippen molar-refractivity contribution in [2.45, 2.75) is 70.7 Å². The van der Waals surface area contributed by atoms with E-state index < -0.39 is 5.60 Å². The third-order valence-corrected chi connectivity index (χ3v) is 5.73. The van der Waals surface area contributed by atoms with Gasteiger partial charge in [-0.15, -0.1) is 0 Å². The zero-order valence-corrected chi connectivity index (χ0v) is 18.3. The fraction of sp³-hybridized carbons (Fsp3) is 0.682. The van der Waals surface area contributed by atoms with E-state index in [0.29, 0.717) is 26.2 Å². The molecule has 164 valence electrons. The highest BCUT2D eigenvalue weighted by molar-refractivity contribution is 5.82. The second-order valence-electron chi connectivity index (χ2n) is 9.28. The quantitative estimate of drug-likeness (QED) is 0.815. The van der Waals surface area contributed by atoms with Gasteiger partial charge in [-0.2, -0.15) is 0 Å². The van der Waals surface area contributed by atoms with E-state index in [9.17, 15) is 4.79 Å². The van der Waals surface area contributed by atoms with Gasteiger partial charge in [0, 0.05) is 37.9 Å². The van der Waals surface area contributed by atoms with Crippen molar-refractivity contribution in [3.8, 4) is 5.88 Å². The lowest BCUT2D eigenvalue weighted by Crippen LogP contribution is -2.57. The van der Waals surface area contributed by atoms with E-state index in [1.54, 1.807) is 11.1 Å². The molecule has 2 aliphatic heterocycles. The molecule has 2 fully saturated rings. The zero-order valence-electron chi connectivity index (χ0n) is 18.3. The van der Waals surface area contributed by atoms with Crippen molar-refractivity contribution in [3.63, 3.8) is 0 Å². The molecule has 1 aromatic heterocycles. The lowest BCUT2D eigenvalue weighted by atomic mass is 10.2. The average molecular weight is 416 g/mol. The number of guanidine groups is 1. The first-order valence-corrected chi connectivity index (χ1v) is 11.0. The number of amides is 1. The predicted octanol–water partition coefficient (Wildman–Crippen LogP) is 2.78. The molecule has 1 N–H and O–H groups in total. The number of nitrogens with one attached hydrogen (secondary N) is 1. The standard InChI is InChI=1S/C22H33N5O3/c1-22(2,3)30-21(28)26-11-12-27-17(15-26)14-25-20(27)24-13-16-7-6-10-23-19(16)29-18-8-4-5-9-18/h6-7,10,17-18H,4-5,8-9,11-15H2,1-3H3,(H,24,25). The number of aliphatic imine (C=N–C) groups is 1. The van der Waals surface area contributed by atoms with Gasteiger partial charge in [0.25, 0.3) is 0 Å². The molecule has 1 aromatic rings. The minimum atomic E-state index is -0.477. The Balaban J connectivity index is 1.31. The first-order valence-electron chi connectivity index (χ1n) is 11.0. The number of ether oxygens (including phenoxy) is 2. The summed E-state index contributed by atoms with van der Waals surface area (Å²) in [6.07, 6.45) is 6.52. The maximum absolute atomic E-state index is 12.4. The Bertz CT molecular complexity index is 785. The third-order valence-electron chi connectivity index (χ3n) is 5.73. The highest BCUT2D eigenvalue weighted by Crippen LogP contribution is 2.25. The normalized spacial score (nSPS) is 22.0. The molecule has 4 rings (SSSR count). The van der Waals surface area contributed by atoms with Crippen LogP contribution in [0.25, 0.3) is 0 Å². The van der Waals surface area contributed by atoms with E-state index in [4.69, 9.17) is 9.47 Å². The molecule has 0 spiro atoms. The number of aromatic nitrogens is 1. The van der Waals surface area contributed by atoms with E-state index in [2.05, 4.69) is 26.3 Å². The number of carbonyl (C=O) groups excluding carboxylic acids is 1. The number of pyridine rings is 1. The fourth-order valence-electron chi connectivity index (χ4n) is 4.23. The average Bonchev–Trinajstić information content (AvgIpc) is 3.35. The summed E-state index contributed by atoms with van der Waals surface area (Å²) in [6.45, 7) is 8.99. The molecule has 1 unspecified atom stereocenters. The number of carbonyl (C=O) groups is 1. The van der Waals surface area contributed by atoms with Crippen molar-refractivity contribution in [1.82, 2.24) is 20.1 Å². The van der Waals surface area contributed by atoms with Gasteiger partial charge < -0.3 is 24.6 Å². The zero-order chi connectivity index (χ0) is 21.1. The molecule has 1 amide bonds. The van der Waals surface area contributed by atoms with Gasteiger partial charge in [0.05, 0.1) is 12.6 Å². The third kappa shape index (κ3) is 4.96. The van der Waals surface area contributed by atoms with Crippen LogP contribution in [0.2, 0.25) is 0 Å². The van der Waals surface area contributed by atoms with Crippen LogP contribution in [0.15, 0.2) is 23.3 Å². The maximum Gasteiger partial charge on any atom is 0.410 e. The smallest absolute Gasteiger partial charge is 0.410 e. The van der Waals surface area contributed by atoms with Gasteiger partial charge in [0.1, 0.15) is 11.7 Å². The van der Waals surface area contributed by atoms with Gasteiger partial charge in [0.2, 0.25) is 5.88 Å². The van der Waals surface area contributed by atoms with Gasteiger partial charge in [-0.05, 0) is 52.5 Å². The van der Waals surface area contributed by atoms with Crippen molar-refractivity contribution < 1.29 is 14.3 Å². The SMILES string of the molecule is CC(C)(C)OC(=O)N1CCN2C(NCc3cccnc3OC3CCCC3)=NCC2C1. The molecule has 3 aliphatic rings. The van der Waals surface area contributed by atoms with Gasteiger partial charge in [0.15, 0.2) is 5.96 Å². The second-order valence-corrected chi connectivity index (χ2v) is 9.28. The summed E-state index contributed by atoms with van der Waals surface area (Å²) in [5.74, 6) is 1.61. The molecule has 8 nitrogen and oxygen atoms in total. The number of rotatable bonds is 4. The topological polar surface area (TPSA) is 79.3 Å². The number of nitrogens with zero attached hydrogens (tertiary/aromatic N) is 4. The summed E-state index contributed by atoms with van der Waals surface area (Å²) >= 11 is 0. The van der Waals surface area contributed by atoms with Crippen molar-refractivity contribution in [2.75, 3.05) is 26.2 Å². The first kappa shape index (κ1) is 20.8. The Hall–Kier alpha value is -2.51. The van der Waals surface area contributed by atoms with Crippen LogP contribution in [0.5, 0.6) is 5.88 Å². The molecule has 1 atom stereocenters. The van der Waals surface area contributed by atoms with E-state index in [0.717, 1.165) is 36.8 Å². The lowest BCUT2D eigenvalue weighted by molar-refractivity contribution is 0.0137. The van der Waals surface area contributed by atoms with Crippen LogP contribution in [0.3, 0.4) is 0 Å². The highest BCUT2D eigenvalue weighted by atomic mass is 16.6. The minimum absolute atomic E-state index is 0.192. The number of fused-ring (bicyclic) bond motifs is 1. The Labute approximate surface area is 178 Å². The summed E-state index contributed by atoms with van der Waals surface area (Å²) < 4.78 is 11.7. The molecule has 1 aliphatic carbocycles. The molecular weight excluding hydrogens is 382 g/mol. The van der Waals surface area contributed by atoms with E-state index in [1.165, 1.54) is 12.8 Å². The maximum atomic E-state index is 12.4. The van der Waals surface area contributed by atoms with Crippen molar-refractivity contribution in [3.05, 3.63) is 23.9 Å². The molecule has 1 saturated heterocycles. The van der Waals surface area contributed by atoms with Crippen LogP contribution in [0, 0.1) is 0 Å². The number of hydrogen-bond donors (Lipinski definition) is 1. The Morgan fingerprint density at radius 1 is 1.27 bits per heavy atom. The lowest BCUT2D eigenvalue weighted by Gasteiger charge is -2.39. The monoisotopic (exact) mass is 415 g/mol. The van der Waals surface area contributed by atoms with Crippen LogP contribution < -0.4 is 10.1 Å². The predicted molar refractivity (Wildman–Crippen MR) is 115 cm³/mol. The Kier molecular flexibility index (Phi) is 6.01. The van der Waals surface area contributed by atoms with Crippen LogP contribution in [-0.4, -0.2) is 70.8 Å². The summed E-state index contributed by atoms with van der Waals surface area (Å²) in [5.41, 5.74) is 0.567. The molecule has 0 aromatic carbocycles. The van der Waals surface area contributed by atoms with Gasteiger partial charge in [-0.3, -0.25) is 4.99 Å². The molecule has 1 saturated carbocycles. The Morgan fingerprint density at radius 2 is 2.07 bits per heavy atom. The van der Waals surface area contributed by atoms with E-state index in [-0.39, 0.29) is 18.2 Å². The van der Waals surface area contributed by atoms with Crippen LogP contribution in [0.4, 0.5) is 4.79 Å². The summed E-state index contributed by atoms with van der Waals surface area (Å²) in [6, 6.07) is 4.19. The van der Waals surface area contributed by atoms with Crippen LogP contribution >= 0.6 is 0 Å². The van der Waals surface area contributed by atoms with E-state index >= 15 is 0 Å². The molecule has 30 heavy (non-hydrogen) atoms. The number of piperazine rings is 1. The largest absolute Gasteiger partial charge is 0.474 e. The second kappa shape index (κ2) is 8.70. The van der Waals surface area contributed by atoms with Crippen LogP contribution in [0.1, 0.15) is 52.0 Å². The van der Waals surface area contributed by atoms with Gasteiger partial charge >= 0.3 is 6.09 Å². The summed E-state index contributed by atoms with van der Waals surface area (Å²) in [7, 11) is 0. The summed E-state index contributed by atoms with van der Waals surface area (Å²) in [5, 5.41) is 3.47. The van der Waals surface area contributed by atoms with Gasteiger partial charge in [-0.1, -0.05) is 6.07 Å². The molecule has 0 bridgehead atoms. The molecule has 0 radical (unpaired) electrons. The van der Waals surface area contributed by atoms with Gasteiger partial charge in [-0.25, -0.2) is 9.78 Å². The van der Waals surface area contributed by atoms with Crippen molar-refractivity contribution >= 4 is 12.1 Å². The molecule has 3 heterocycles. The van der Waals surface area contributed by atoms with Crippen LogP contribution in [-0.2, 0) is 11.3 Å². The fourth-order valence-corrected chi connectivity index (χ4v) is 4.23. The van der Waals surface area contributed by atoms with Crippen molar-refractivity contribution in [1.29, 1.82) is 0 Å². The molecular formula is C22H33N5O3. The summed E-state index contributed by atoms with van der Waals surface area (Å²) in [4.78, 5) is 25.6. The minimum Gasteiger partial charge on any atom is -0.474 e. The molecule has 8 heteroatoms. The number of hydrogen-bond acceptors (Lipinski definition) is 7.